The van der Waals surface area contributed by atoms with Gasteiger partial charge in [0.2, 0.25) is 17.7 Å². The summed E-state index contributed by atoms with van der Waals surface area (Å²) in [5.41, 5.74) is -0.130. The fourth-order valence-electron chi connectivity index (χ4n) is 4.72. The van der Waals surface area contributed by atoms with E-state index in [1.165, 1.54) is 14.2 Å². The van der Waals surface area contributed by atoms with E-state index in [0.29, 0.717) is 48.8 Å². The highest BCUT2D eigenvalue weighted by atomic mass is 16.5. The van der Waals surface area contributed by atoms with Crippen molar-refractivity contribution in [1.82, 2.24) is 14.7 Å². The maximum absolute atomic E-state index is 13.4. The van der Waals surface area contributed by atoms with Gasteiger partial charge in [0.15, 0.2) is 0 Å². The van der Waals surface area contributed by atoms with Gasteiger partial charge < -0.3 is 19.3 Å². The second-order valence-corrected chi connectivity index (χ2v) is 8.83. The number of imide groups is 1. The zero-order chi connectivity index (χ0) is 25.2. The van der Waals surface area contributed by atoms with Crippen LogP contribution in [-0.4, -0.2) is 85.8 Å². The van der Waals surface area contributed by atoms with Crippen LogP contribution in [0.1, 0.15) is 28.8 Å². The van der Waals surface area contributed by atoms with Gasteiger partial charge in [-0.3, -0.25) is 24.1 Å². The third-order valence-electron chi connectivity index (χ3n) is 6.87. The fourth-order valence-corrected chi connectivity index (χ4v) is 4.72. The highest BCUT2D eigenvalue weighted by Crippen LogP contribution is 2.41. The Morgan fingerprint density at radius 1 is 0.886 bits per heavy atom. The van der Waals surface area contributed by atoms with Gasteiger partial charge in [-0.1, -0.05) is 12.1 Å². The molecule has 1 atom stereocenters. The topological polar surface area (TPSA) is 96.5 Å². The summed E-state index contributed by atoms with van der Waals surface area (Å²) >= 11 is 0. The van der Waals surface area contributed by atoms with Crippen molar-refractivity contribution in [2.24, 2.45) is 0 Å². The second kappa shape index (κ2) is 9.77. The molecular weight excluding hydrogens is 450 g/mol. The van der Waals surface area contributed by atoms with Crippen LogP contribution in [0, 0.1) is 0 Å². The molecule has 0 aromatic heterocycles. The number of carbonyl (C=O) groups excluding carboxylic acids is 4. The summed E-state index contributed by atoms with van der Waals surface area (Å²) < 4.78 is 10.4. The number of carbonyl (C=O) groups is 4. The van der Waals surface area contributed by atoms with Crippen LogP contribution in [0.3, 0.4) is 0 Å². The quantitative estimate of drug-likeness (QED) is 0.586. The number of nitrogens with zero attached hydrogens (tertiary/aromatic N) is 3. The van der Waals surface area contributed by atoms with Crippen LogP contribution in [0.25, 0.3) is 0 Å². The maximum atomic E-state index is 13.4. The van der Waals surface area contributed by atoms with Gasteiger partial charge in [-0.25, -0.2) is 0 Å². The smallest absolute Gasteiger partial charge is 0.253 e. The number of benzene rings is 2. The lowest BCUT2D eigenvalue weighted by Gasteiger charge is -2.36. The van der Waals surface area contributed by atoms with Gasteiger partial charge in [0, 0.05) is 51.6 Å². The molecule has 2 aromatic carbocycles. The summed E-state index contributed by atoms with van der Waals surface area (Å²) in [6.45, 7) is 1.48. The van der Waals surface area contributed by atoms with Crippen molar-refractivity contribution in [3.05, 3.63) is 59.7 Å². The third kappa shape index (κ3) is 4.58. The average molecular weight is 480 g/mol. The van der Waals surface area contributed by atoms with Gasteiger partial charge >= 0.3 is 0 Å². The van der Waals surface area contributed by atoms with E-state index in [4.69, 9.17) is 9.47 Å². The SMILES string of the molecule is COc1ccc(C(=O)N2CCN(C(=O)CC3(c4cccc(OC)c4)CC(=O)N(C)C3=O)CC2)cc1. The van der Waals surface area contributed by atoms with Crippen molar-refractivity contribution in [2.75, 3.05) is 47.4 Å². The molecular formula is C26H29N3O6. The molecule has 0 saturated carbocycles. The largest absolute Gasteiger partial charge is 0.497 e. The summed E-state index contributed by atoms with van der Waals surface area (Å²) in [6.07, 6.45) is -0.196. The lowest BCUT2D eigenvalue weighted by Crippen LogP contribution is -2.52. The molecule has 4 amide bonds. The van der Waals surface area contributed by atoms with Crippen molar-refractivity contribution in [3.8, 4) is 11.5 Å². The van der Waals surface area contributed by atoms with Gasteiger partial charge in [-0.15, -0.1) is 0 Å². The van der Waals surface area contributed by atoms with Crippen molar-refractivity contribution in [3.63, 3.8) is 0 Å². The minimum absolute atomic E-state index is 0.0723. The summed E-state index contributed by atoms with van der Waals surface area (Å²) in [7, 11) is 4.54. The van der Waals surface area contributed by atoms with Gasteiger partial charge in [0.25, 0.3) is 5.91 Å². The highest BCUT2D eigenvalue weighted by molar-refractivity contribution is 6.10. The average Bonchev–Trinajstić information content (AvgIpc) is 3.12. The first-order valence-corrected chi connectivity index (χ1v) is 11.5. The van der Waals surface area contributed by atoms with E-state index in [-0.39, 0.29) is 30.6 Å². The normalized spacial score (nSPS) is 20.3. The van der Waals surface area contributed by atoms with Crippen LogP contribution in [0.2, 0.25) is 0 Å². The number of likely N-dealkylation sites (tertiary alicyclic amines) is 1. The van der Waals surface area contributed by atoms with Crippen molar-refractivity contribution in [1.29, 1.82) is 0 Å². The molecule has 2 heterocycles. The van der Waals surface area contributed by atoms with Gasteiger partial charge in [0.1, 0.15) is 11.5 Å². The molecule has 0 bridgehead atoms. The fraction of sp³-hybridized carbons (Fsp3) is 0.385. The van der Waals surface area contributed by atoms with E-state index >= 15 is 0 Å². The molecule has 2 saturated heterocycles. The Balaban J connectivity index is 1.47. The lowest BCUT2D eigenvalue weighted by molar-refractivity contribution is -0.142. The van der Waals surface area contributed by atoms with Crippen molar-refractivity contribution < 1.29 is 28.7 Å². The van der Waals surface area contributed by atoms with Crippen LogP contribution < -0.4 is 9.47 Å². The molecule has 9 nitrogen and oxygen atoms in total. The molecule has 2 aromatic rings. The lowest BCUT2D eigenvalue weighted by atomic mass is 9.75. The molecule has 4 rings (SSSR count). The molecule has 0 N–H and O–H groups in total. The monoisotopic (exact) mass is 479 g/mol. The van der Waals surface area contributed by atoms with Gasteiger partial charge in [-0.2, -0.15) is 0 Å². The van der Waals surface area contributed by atoms with Crippen molar-refractivity contribution in [2.45, 2.75) is 18.3 Å². The highest BCUT2D eigenvalue weighted by Gasteiger charge is 2.53. The van der Waals surface area contributed by atoms with E-state index in [1.807, 2.05) is 0 Å². The number of ether oxygens (including phenoxy) is 2. The molecule has 2 aliphatic rings. The third-order valence-corrected chi connectivity index (χ3v) is 6.87. The van der Waals surface area contributed by atoms with Crippen LogP contribution >= 0.6 is 0 Å². The Kier molecular flexibility index (Phi) is 6.77. The van der Waals surface area contributed by atoms with Crippen LogP contribution in [0.4, 0.5) is 0 Å². The van der Waals surface area contributed by atoms with Gasteiger partial charge in [-0.05, 0) is 42.0 Å². The molecule has 0 radical (unpaired) electrons. The molecule has 2 fully saturated rings. The molecule has 9 heteroatoms. The number of likely N-dealkylation sites (N-methyl/N-ethyl adjacent to an activating group) is 1. The first-order chi connectivity index (χ1) is 16.8. The Hall–Kier alpha value is -3.88. The Morgan fingerprint density at radius 2 is 1.51 bits per heavy atom. The molecule has 0 spiro atoms. The first-order valence-electron chi connectivity index (χ1n) is 11.5. The summed E-state index contributed by atoms with van der Waals surface area (Å²) in [5.74, 6) is 0.187. The minimum atomic E-state index is -1.27. The maximum Gasteiger partial charge on any atom is 0.253 e. The summed E-state index contributed by atoms with van der Waals surface area (Å²) in [4.78, 5) is 56.4. The van der Waals surface area contributed by atoms with Crippen LogP contribution in [-0.2, 0) is 19.8 Å². The van der Waals surface area contributed by atoms with E-state index in [0.717, 1.165) is 4.90 Å². The predicted octanol–water partition coefficient (Wildman–Crippen LogP) is 1.71. The Morgan fingerprint density at radius 3 is 2.09 bits per heavy atom. The summed E-state index contributed by atoms with van der Waals surface area (Å²) in [6, 6.07) is 13.9. The first kappa shape index (κ1) is 24.3. The minimum Gasteiger partial charge on any atom is -0.497 e. The zero-order valence-corrected chi connectivity index (χ0v) is 20.2. The van der Waals surface area contributed by atoms with Gasteiger partial charge in [0.05, 0.1) is 19.6 Å². The summed E-state index contributed by atoms with van der Waals surface area (Å²) in [5, 5.41) is 0. The van der Waals surface area contributed by atoms with E-state index in [2.05, 4.69) is 0 Å². The van der Waals surface area contributed by atoms with Crippen molar-refractivity contribution >= 4 is 23.6 Å². The molecule has 184 valence electrons. The molecule has 1 unspecified atom stereocenters. The number of methoxy groups -OCH3 is 2. The molecule has 2 aliphatic heterocycles. The molecule has 35 heavy (non-hydrogen) atoms. The van der Waals surface area contributed by atoms with E-state index in [9.17, 15) is 19.2 Å². The molecule has 0 aliphatic carbocycles. The van der Waals surface area contributed by atoms with E-state index in [1.54, 1.807) is 65.4 Å². The van der Waals surface area contributed by atoms with Crippen LogP contribution in [0.5, 0.6) is 11.5 Å². The number of hydrogen-bond acceptors (Lipinski definition) is 6. The second-order valence-electron chi connectivity index (χ2n) is 8.83. The number of hydrogen-bond donors (Lipinski definition) is 0. The standard InChI is InChI=1S/C26H29N3O6/c1-27-22(30)16-26(25(27)33,19-5-4-6-21(15-19)35-3)17-23(31)28-11-13-29(14-12-28)24(32)18-7-9-20(34-2)10-8-18/h4-10,15H,11-14,16-17H2,1-3H3. The number of rotatable bonds is 6. The predicted molar refractivity (Wildman–Crippen MR) is 127 cm³/mol. The number of amides is 4. The number of piperazine rings is 1. The van der Waals surface area contributed by atoms with Crippen LogP contribution in [0.15, 0.2) is 48.5 Å². The Bertz CT molecular complexity index is 1140. The zero-order valence-electron chi connectivity index (χ0n) is 20.2. The van der Waals surface area contributed by atoms with E-state index < -0.39 is 11.3 Å². The Labute approximate surface area is 204 Å².